The summed E-state index contributed by atoms with van der Waals surface area (Å²) >= 11 is 3.77. The van der Waals surface area contributed by atoms with Gasteiger partial charge >= 0.3 is 0 Å². The van der Waals surface area contributed by atoms with Gasteiger partial charge in [0.1, 0.15) is 0 Å². The average molecular weight is 571 g/mol. The maximum absolute atomic E-state index is 3.77. The second-order valence-electron chi connectivity index (χ2n) is 10.9. The molecule has 0 aliphatic heterocycles. The predicted molar refractivity (Wildman–Crippen MR) is 170 cm³/mol. The zero-order valence-electron chi connectivity index (χ0n) is 22.5. The highest BCUT2D eigenvalue weighted by molar-refractivity contribution is 9.10. The van der Waals surface area contributed by atoms with Crippen molar-refractivity contribution in [2.24, 2.45) is 0 Å². The zero-order valence-corrected chi connectivity index (χ0v) is 24.1. The normalized spacial score (nSPS) is 13.6. The minimum absolute atomic E-state index is 0.0802. The Morgan fingerprint density at radius 2 is 1.13 bits per heavy atom. The van der Waals surface area contributed by atoms with E-state index in [0.717, 1.165) is 0 Å². The van der Waals surface area contributed by atoms with Crippen LogP contribution in [0.25, 0.3) is 49.7 Å². The third kappa shape index (κ3) is 3.72. The second-order valence-corrected chi connectivity index (χ2v) is 11.9. The molecule has 0 N–H and O–H groups in total. The maximum atomic E-state index is 3.77. The van der Waals surface area contributed by atoms with Gasteiger partial charge in [0.15, 0.2) is 0 Å². The highest BCUT2D eigenvalue weighted by Gasteiger charge is 2.42. The van der Waals surface area contributed by atoms with Crippen molar-refractivity contribution in [1.82, 2.24) is 4.57 Å². The molecule has 1 nitrogen and oxygen atoms in total. The van der Waals surface area contributed by atoms with Crippen molar-refractivity contribution in [3.63, 3.8) is 0 Å². The molecule has 0 unspecified atom stereocenters. The van der Waals surface area contributed by atoms with Gasteiger partial charge in [0.05, 0.1) is 11.0 Å². The second kappa shape index (κ2) is 9.54. The van der Waals surface area contributed by atoms with E-state index in [1.54, 1.807) is 0 Å². The molecule has 1 heterocycles. The molecule has 192 valence electrons. The van der Waals surface area contributed by atoms with Crippen molar-refractivity contribution < 1.29 is 0 Å². The van der Waals surface area contributed by atoms with Crippen LogP contribution in [0.4, 0.5) is 0 Å². The van der Waals surface area contributed by atoms with Crippen molar-refractivity contribution >= 4 is 37.7 Å². The number of nitrogens with zero attached hydrogens (tertiary/aromatic N) is 1. The van der Waals surface area contributed by atoms with Gasteiger partial charge in [-0.05, 0) is 88.7 Å². The van der Waals surface area contributed by atoms with E-state index in [1.807, 2.05) is 0 Å². The number of rotatable bonds is 6. The quantitative estimate of drug-likeness (QED) is 0.188. The van der Waals surface area contributed by atoms with Crippen LogP contribution in [-0.2, 0) is 5.41 Å². The fraction of sp³-hybridized carbons (Fsp3) is 0.189. The summed E-state index contributed by atoms with van der Waals surface area (Å²) in [7, 11) is 0. The van der Waals surface area contributed by atoms with Crippen LogP contribution in [0.3, 0.4) is 0 Å². The Kier molecular flexibility index (Phi) is 5.97. The molecule has 1 aliphatic rings. The van der Waals surface area contributed by atoms with Crippen LogP contribution in [-0.4, -0.2) is 4.57 Å². The molecule has 0 fully saturated rings. The first-order valence-electron chi connectivity index (χ1n) is 14.2. The van der Waals surface area contributed by atoms with Crippen LogP contribution < -0.4 is 0 Å². The topological polar surface area (TPSA) is 4.93 Å². The average Bonchev–Trinajstić information content (AvgIpc) is 3.44. The van der Waals surface area contributed by atoms with Crippen LogP contribution in [0.15, 0.2) is 114 Å². The molecule has 7 rings (SSSR count). The van der Waals surface area contributed by atoms with E-state index in [1.165, 1.54) is 91.0 Å². The fourth-order valence-corrected chi connectivity index (χ4v) is 7.53. The van der Waals surface area contributed by atoms with Crippen LogP contribution in [0.2, 0.25) is 0 Å². The summed E-state index contributed by atoms with van der Waals surface area (Å²) in [5.74, 6) is 0. The molecular formula is C37H32BrN. The summed E-state index contributed by atoms with van der Waals surface area (Å²) in [5, 5.41) is 2.59. The molecule has 0 atom stereocenters. The number of aromatic nitrogens is 1. The van der Waals surface area contributed by atoms with Crippen molar-refractivity contribution in [1.29, 1.82) is 0 Å². The monoisotopic (exact) mass is 569 g/mol. The molecule has 39 heavy (non-hydrogen) atoms. The lowest BCUT2D eigenvalue weighted by atomic mass is 9.71. The standard InChI is InChI=1S/C37H32BrN/c1-3-21-37(22-4-2)33-23-26(15-19-29(33)30-20-16-27(38)24-34(30)37)25-13-17-28(18-14-25)39-35-11-7-5-9-31(35)32-10-6-8-12-36(32)39/h5-20,23-24H,3-4,21-22H2,1-2H3. The van der Waals surface area contributed by atoms with Gasteiger partial charge in [-0.1, -0.05) is 109 Å². The van der Waals surface area contributed by atoms with Crippen LogP contribution in [0.1, 0.15) is 50.7 Å². The number of hydrogen-bond donors (Lipinski definition) is 0. The smallest absolute Gasteiger partial charge is 0.0541 e. The third-order valence-corrected chi connectivity index (χ3v) is 9.21. The van der Waals surface area contributed by atoms with E-state index >= 15 is 0 Å². The van der Waals surface area contributed by atoms with Gasteiger partial charge in [-0.25, -0.2) is 0 Å². The summed E-state index contributed by atoms with van der Waals surface area (Å²) in [4.78, 5) is 0. The number of para-hydroxylation sites is 2. The first-order valence-corrected chi connectivity index (χ1v) is 15.0. The lowest BCUT2D eigenvalue weighted by Crippen LogP contribution is -2.25. The largest absolute Gasteiger partial charge is 0.309 e. The lowest BCUT2D eigenvalue weighted by Gasteiger charge is -2.32. The molecule has 0 spiro atoms. The maximum Gasteiger partial charge on any atom is 0.0541 e. The molecule has 0 saturated heterocycles. The molecule has 1 aromatic heterocycles. The summed E-state index contributed by atoms with van der Waals surface area (Å²) in [6.07, 6.45) is 4.69. The number of halogens is 1. The highest BCUT2D eigenvalue weighted by Crippen LogP contribution is 2.55. The van der Waals surface area contributed by atoms with E-state index in [9.17, 15) is 0 Å². The van der Waals surface area contributed by atoms with Crippen molar-refractivity contribution in [3.8, 4) is 27.9 Å². The highest BCUT2D eigenvalue weighted by atomic mass is 79.9. The first kappa shape index (κ1) is 24.4. The lowest BCUT2D eigenvalue weighted by molar-refractivity contribution is 0.436. The van der Waals surface area contributed by atoms with Gasteiger partial charge in [0, 0.05) is 26.3 Å². The summed E-state index contributed by atoms with van der Waals surface area (Å²) in [6, 6.07) is 40.6. The molecule has 0 bridgehead atoms. The van der Waals surface area contributed by atoms with E-state index in [0.29, 0.717) is 0 Å². The fourth-order valence-electron chi connectivity index (χ4n) is 7.17. The summed E-state index contributed by atoms with van der Waals surface area (Å²) in [5.41, 5.74) is 12.1. The van der Waals surface area contributed by atoms with Crippen molar-refractivity contribution in [3.05, 3.63) is 125 Å². The number of fused-ring (bicyclic) bond motifs is 6. The van der Waals surface area contributed by atoms with E-state index in [-0.39, 0.29) is 5.41 Å². The third-order valence-electron chi connectivity index (χ3n) is 8.71. The Bertz CT molecular complexity index is 1780. The molecule has 0 saturated carbocycles. The minimum atomic E-state index is 0.0802. The van der Waals surface area contributed by atoms with E-state index < -0.39 is 0 Å². The Hall–Kier alpha value is -3.62. The van der Waals surface area contributed by atoms with Gasteiger partial charge in [-0.15, -0.1) is 0 Å². The zero-order chi connectivity index (χ0) is 26.6. The first-order chi connectivity index (χ1) is 19.1. The van der Waals surface area contributed by atoms with Gasteiger partial charge in [-0.2, -0.15) is 0 Å². The van der Waals surface area contributed by atoms with Crippen LogP contribution in [0, 0.1) is 0 Å². The number of benzene rings is 5. The van der Waals surface area contributed by atoms with Gasteiger partial charge < -0.3 is 4.57 Å². The number of hydrogen-bond acceptors (Lipinski definition) is 0. The Labute approximate surface area is 239 Å². The summed E-state index contributed by atoms with van der Waals surface area (Å²) in [6.45, 7) is 4.65. The SMILES string of the molecule is CCCC1(CCC)c2cc(Br)ccc2-c2ccc(-c3ccc(-n4c5ccccc5c5ccccc54)cc3)cc21. The van der Waals surface area contributed by atoms with E-state index in [4.69, 9.17) is 0 Å². The molecule has 0 amide bonds. The van der Waals surface area contributed by atoms with Crippen molar-refractivity contribution in [2.45, 2.75) is 44.9 Å². The van der Waals surface area contributed by atoms with Crippen LogP contribution in [0.5, 0.6) is 0 Å². The van der Waals surface area contributed by atoms with E-state index in [2.05, 4.69) is 144 Å². The van der Waals surface area contributed by atoms with Crippen molar-refractivity contribution in [2.75, 3.05) is 0 Å². The molecule has 1 aliphatic carbocycles. The molecule has 2 heteroatoms. The minimum Gasteiger partial charge on any atom is -0.309 e. The van der Waals surface area contributed by atoms with Gasteiger partial charge in [-0.3, -0.25) is 0 Å². The Morgan fingerprint density at radius 3 is 1.74 bits per heavy atom. The van der Waals surface area contributed by atoms with Gasteiger partial charge in [0.2, 0.25) is 0 Å². The summed E-state index contributed by atoms with van der Waals surface area (Å²) < 4.78 is 3.56. The predicted octanol–water partition coefficient (Wildman–Crippen LogP) is 11.1. The van der Waals surface area contributed by atoms with Gasteiger partial charge in [0.25, 0.3) is 0 Å². The van der Waals surface area contributed by atoms with Crippen LogP contribution >= 0.6 is 15.9 Å². The molecular weight excluding hydrogens is 538 g/mol. The Balaban J connectivity index is 1.34. The molecule has 6 aromatic rings. The Morgan fingerprint density at radius 1 is 0.590 bits per heavy atom. The molecule has 5 aromatic carbocycles. The molecule has 0 radical (unpaired) electrons.